The summed E-state index contributed by atoms with van der Waals surface area (Å²) in [5.41, 5.74) is 4.63. The Balaban J connectivity index is 1.29. The van der Waals surface area contributed by atoms with Gasteiger partial charge in [-0.15, -0.1) is 0 Å². The summed E-state index contributed by atoms with van der Waals surface area (Å²) < 4.78 is 12.0. The molecule has 1 fully saturated rings. The molecule has 1 aromatic heterocycles. The lowest BCUT2D eigenvalue weighted by molar-refractivity contribution is 0.170. The van der Waals surface area contributed by atoms with Crippen LogP contribution in [0.15, 0.2) is 77.2 Å². The van der Waals surface area contributed by atoms with E-state index in [-0.39, 0.29) is 17.2 Å². The summed E-state index contributed by atoms with van der Waals surface area (Å²) in [6.07, 6.45) is 3.67. The number of halogens is 1. The predicted molar refractivity (Wildman–Crippen MR) is 164 cm³/mol. The molecule has 2 heterocycles. The van der Waals surface area contributed by atoms with Crippen LogP contribution in [0.4, 0.5) is 5.88 Å². The lowest BCUT2D eigenvalue weighted by Crippen LogP contribution is -2.37. The van der Waals surface area contributed by atoms with Crippen LogP contribution in [0, 0.1) is 11.3 Å². The lowest BCUT2D eigenvalue weighted by atomic mass is 9.86. The molecule has 0 amide bonds. The molecule has 1 atom stereocenters. The molecule has 6 nitrogen and oxygen atoms in total. The first-order chi connectivity index (χ1) is 19.8. The van der Waals surface area contributed by atoms with E-state index in [4.69, 9.17) is 20.8 Å². The minimum Gasteiger partial charge on any atom is -0.489 e. The van der Waals surface area contributed by atoms with E-state index in [9.17, 15) is 5.26 Å². The van der Waals surface area contributed by atoms with Crippen LogP contribution < -0.4 is 10.1 Å². The maximum Gasteiger partial charge on any atom is 0.232 e. The molecule has 3 aromatic carbocycles. The zero-order valence-electron chi connectivity index (χ0n) is 24.0. The Morgan fingerprint density at radius 2 is 1.71 bits per heavy atom. The van der Waals surface area contributed by atoms with E-state index >= 15 is 0 Å². The second kappa shape index (κ2) is 12.8. The van der Waals surface area contributed by atoms with Gasteiger partial charge in [0.25, 0.3) is 0 Å². The first kappa shape index (κ1) is 28.7. The van der Waals surface area contributed by atoms with Gasteiger partial charge < -0.3 is 14.5 Å². The topological polar surface area (TPSA) is 74.3 Å². The molecular weight excluding hydrogens is 532 g/mol. The van der Waals surface area contributed by atoms with Crippen molar-refractivity contribution in [1.82, 2.24) is 9.88 Å². The molecule has 0 bridgehead atoms. The molecule has 1 N–H and O–H groups in total. The lowest BCUT2D eigenvalue weighted by Gasteiger charge is -2.35. The normalized spacial score (nSPS) is 14.8. The maximum absolute atomic E-state index is 9.81. The molecule has 212 valence electrons. The maximum atomic E-state index is 9.81. The fourth-order valence-electron chi connectivity index (χ4n) is 5.19. The second-order valence-corrected chi connectivity index (χ2v) is 12.0. The van der Waals surface area contributed by atoms with Crippen LogP contribution in [0.3, 0.4) is 0 Å². The molecule has 7 heteroatoms. The van der Waals surface area contributed by atoms with Crippen molar-refractivity contribution in [3.63, 3.8) is 0 Å². The number of ether oxygens (including phenoxy) is 1. The smallest absolute Gasteiger partial charge is 0.232 e. The number of nitrogens with zero attached hydrogens (tertiary/aromatic N) is 3. The molecule has 1 unspecified atom stereocenters. The fourth-order valence-corrected chi connectivity index (χ4v) is 5.38. The van der Waals surface area contributed by atoms with Crippen LogP contribution in [0.2, 0.25) is 5.02 Å². The Morgan fingerprint density at radius 1 is 1.00 bits per heavy atom. The van der Waals surface area contributed by atoms with E-state index in [2.05, 4.69) is 66.3 Å². The molecule has 0 aliphatic carbocycles. The van der Waals surface area contributed by atoms with E-state index in [0.717, 1.165) is 24.2 Å². The van der Waals surface area contributed by atoms with Crippen molar-refractivity contribution in [2.45, 2.75) is 58.1 Å². The summed E-state index contributed by atoms with van der Waals surface area (Å²) in [5.74, 6) is 1.50. The molecule has 1 aliphatic heterocycles. The molecule has 41 heavy (non-hydrogen) atoms. The fraction of sp³-hybridized carbons (Fsp3) is 0.353. The highest BCUT2D eigenvalue weighted by Gasteiger charge is 2.25. The van der Waals surface area contributed by atoms with Gasteiger partial charge in [0.15, 0.2) is 0 Å². The van der Waals surface area contributed by atoms with Crippen molar-refractivity contribution in [3.8, 4) is 23.3 Å². The number of benzene rings is 3. The van der Waals surface area contributed by atoms with Crippen LogP contribution in [-0.2, 0) is 12.0 Å². The van der Waals surface area contributed by atoms with E-state index in [1.807, 2.05) is 48.5 Å². The minimum atomic E-state index is 0.106. The third kappa shape index (κ3) is 7.11. The van der Waals surface area contributed by atoms with Crippen molar-refractivity contribution in [2.75, 3.05) is 25.0 Å². The summed E-state index contributed by atoms with van der Waals surface area (Å²) >= 11 is 6.24. The SMILES string of the molecule is CC(C)(C)c1ccc(C(CNc2oc(-c3ccc(OCc4ccccc4Cl)cc3)nc2C#N)N2CCCCC2)cc1. The average molecular weight is 569 g/mol. The third-order valence-electron chi connectivity index (χ3n) is 7.64. The van der Waals surface area contributed by atoms with Crippen LogP contribution in [0.1, 0.15) is 68.5 Å². The average Bonchev–Trinajstić information content (AvgIpc) is 3.41. The highest BCUT2D eigenvalue weighted by Crippen LogP contribution is 2.31. The number of oxazole rings is 1. The molecule has 1 saturated heterocycles. The summed E-state index contributed by atoms with van der Waals surface area (Å²) in [7, 11) is 0. The summed E-state index contributed by atoms with van der Waals surface area (Å²) in [6.45, 7) is 9.82. The van der Waals surface area contributed by atoms with Gasteiger partial charge in [0.2, 0.25) is 17.5 Å². The van der Waals surface area contributed by atoms with Gasteiger partial charge in [-0.25, -0.2) is 0 Å². The van der Waals surface area contributed by atoms with Gasteiger partial charge in [-0.2, -0.15) is 10.2 Å². The summed E-state index contributed by atoms with van der Waals surface area (Å²) in [6, 6.07) is 26.4. The van der Waals surface area contributed by atoms with Gasteiger partial charge in [0.05, 0.1) is 6.04 Å². The first-order valence-electron chi connectivity index (χ1n) is 14.3. The Morgan fingerprint density at radius 3 is 2.37 bits per heavy atom. The van der Waals surface area contributed by atoms with Crippen LogP contribution in [-0.4, -0.2) is 29.5 Å². The van der Waals surface area contributed by atoms with Gasteiger partial charge in [0.1, 0.15) is 18.4 Å². The standard InChI is InChI=1S/C34H37ClN4O2/c1-34(2,3)27-15-11-24(12-16-27)31(39-19-7-4-8-20-39)22-37-33-30(21-36)38-32(41-33)25-13-17-28(18-14-25)40-23-26-9-5-6-10-29(26)35/h5-6,9-18,31,37H,4,7-8,19-20,22-23H2,1-3H3. The number of nitrogens with one attached hydrogen (secondary N) is 1. The Hall–Kier alpha value is -3.79. The van der Waals surface area contributed by atoms with E-state index in [0.29, 0.717) is 35.7 Å². The number of rotatable bonds is 9. The highest BCUT2D eigenvalue weighted by atomic mass is 35.5. The number of piperidine rings is 1. The zero-order chi connectivity index (χ0) is 28.8. The largest absolute Gasteiger partial charge is 0.489 e. The predicted octanol–water partition coefficient (Wildman–Crippen LogP) is 8.38. The van der Waals surface area contributed by atoms with Crippen LogP contribution in [0.5, 0.6) is 5.75 Å². The molecule has 0 spiro atoms. The molecule has 5 rings (SSSR count). The third-order valence-corrected chi connectivity index (χ3v) is 8.00. The molecule has 0 saturated carbocycles. The van der Waals surface area contributed by atoms with Gasteiger partial charge in [0, 0.05) is 22.7 Å². The van der Waals surface area contributed by atoms with E-state index < -0.39 is 0 Å². The Kier molecular flexibility index (Phi) is 8.97. The highest BCUT2D eigenvalue weighted by molar-refractivity contribution is 6.31. The monoisotopic (exact) mass is 568 g/mol. The van der Waals surface area contributed by atoms with Crippen molar-refractivity contribution in [1.29, 1.82) is 5.26 Å². The van der Waals surface area contributed by atoms with E-state index in [1.165, 1.54) is 30.4 Å². The Labute approximate surface area is 247 Å². The number of likely N-dealkylation sites (tertiary alicyclic amines) is 1. The van der Waals surface area contributed by atoms with Gasteiger partial charge in [-0.3, -0.25) is 4.90 Å². The quantitative estimate of drug-likeness (QED) is 0.218. The number of anilines is 1. The second-order valence-electron chi connectivity index (χ2n) is 11.6. The summed E-state index contributed by atoms with van der Waals surface area (Å²) in [4.78, 5) is 7.01. The summed E-state index contributed by atoms with van der Waals surface area (Å²) in [5, 5.41) is 13.9. The van der Waals surface area contributed by atoms with Crippen LogP contribution >= 0.6 is 11.6 Å². The van der Waals surface area contributed by atoms with Crippen molar-refractivity contribution < 1.29 is 9.15 Å². The molecular formula is C34H37ClN4O2. The molecule has 4 aromatic rings. The first-order valence-corrected chi connectivity index (χ1v) is 14.7. The number of aromatic nitrogens is 1. The number of hydrogen-bond donors (Lipinski definition) is 1. The van der Waals surface area contributed by atoms with Crippen molar-refractivity contribution >= 4 is 17.5 Å². The molecule has 0 radical (unpaired) electrons. The van der Waals surface area contributed by atoms with E-state index in [1.54, 1.807) is 0 Å². The number of hydrogen-bond acceptors (Lipinski definition) is 6. The van der Waals surface area contributed by atoms with Crippen molar-refractivity contribution in [3.05, 3.63) is 100 Å². The van der Waals surface area contributed by atoms with Gasteiger partial charge >= 0.3 is 0 Å². The van der Waals surface area contributed by atoms with Gasteiger partial charge in [-0.05, 0) is 72.8 Å². The minimum absolute atomic E-state index is 0.106. The Bertz CT molecular complexity index is 1480. The van der Waals surface area contributed by atoms with Crippen LogP contribution in [0.25, 0.3) is 11.5 Å². The molecule has 1 aliphatic rings. The van der Waals surface area contributed by atoms with Crippen molar-refractivity contribution in [2.24, 2.45) is 0 Å². The number of nitriles is 1. The zero-order valence-corrected chi connectivity index (χ0v) is 24.7. The van der Waals surface area contributed by atoms with Gasteiger partial charge in [-0.1, -0.05) is 81.3 Å².